The molecule has 12 heteroatoms. The molecule has 3 rings (SSSR count). The fourth-order valence-electron chi connectivity index (χ4n) is 2.44. The molecule has 0 spiro atoms. The van der Waals surface area contributed by atoms with Gasteiger partial charge in [0.1, 0.15) is 34.5 Å². The van der Waals surface area contributed by atoms with Crippen LogP contribution in [0, 0.1) is 23.4 Å². The van der Waals surface area contributed by atoms with E-state index in [9.17, 15) is 35.9 Å². The molecule has 1 N–H and O–H groups in total. The molecule has 0 fully saturated rings. The van der Waals surface area contributed by atoms with Crippen molar-refractivity contribution in [2.24, 2.45) is 4.99 Å². The summed E-state index contributed by atoms with van der Waals surface area (Å²) in [6, 6.07) is -1.97. The number of fused-ring (bicyclic) bond motifs is 1. The van der Waals surface area contributed by atoms with Crippen LogP contribution in [-0.2, 0) is 0 Å². The van der Waals surface area contributed by atoms with E-state index in [-0.39, 0.29) is 16.9 Å². The largest absolute Gasteiger partial charge is 0.427 e. The molecule has 28 heavy (non-hydrogen) atoms. The van der Waals surface area contributed by atoms with Gasteiger partial charge in [0.2, 0.25) is 5.95 Å². The van der Waals surface area contributed by atoms with Crippen molar-refractivity contribution in [1.29, 1.82) is 0 Å². The predicted octanol–water partition coefficient (Wildman–Crippen LogP) is 3.70. The first-order valence-electron chi connectivity index (χ1n) is 7.52. The minimum atomic E-state index is -4.87. The second-order valence-electron chi connectivity index (χ2n) is 5.66. The molecule has 148 valence electrons. The van der Waals surface area contributed by atoms with Crippen LogP contribution in [0.2, 0.25) is 0 Å². The summed E-state index contributed by atoms with van der Waals surface area (Å²) >= 11 is 0. The van der Waals surface area contributed by atoms with Crippen LogP contribution < -0.4 is 5.36 Å². The summed E-state index contributed by atoms with van der Waals surface area (Å²) < 4.78 is 95.4. The number of hydrogen-bond acceptors (Lipinski definition) is 4. The molecule has 0 amide bonds. The van der Waals surface area contributed by atoms with Crippen LogP contribution in [0.3, 0.4) is 0 Å². The first-order valence-corrected chi connectivity index (χ1v) is 7.52. The summed E-state index contributed by atoms with van der Waals surface area (Å²) in [6.45, 7) is 0.626. The maximum Gasteiger partial charge on any atom is 0.410 e. The topological polar surface area (TPSA) is 63.3 Å². The molecule has 0 saturated heterocycles. The van der Waals surface area contributed by atoms with E-state index in [0.717, 1.165) is 12.4 Å². The minimum absolute atomic E-state index is 0.226. The lowest BCUT2D eigenvalue weighted by molar-refractivity contribution is -0.143. The Kier molecular flexibility index (Phi) is 4.73. The maximum absolute atomic E-state index is 14.6. The maximum atomic E-state index is 14.6. The van der Waals surface area contributed by atoms with Gasteiger partial charge >= 0.3 is 6.18 Å². The van der Waals surface area contributed by atoms with Crippen molar-refractivity contribution in [3.63, 3.8) is 0 Å². The quantitative estimate of drug-likeness (QED) is 0.401. The number of aromatic nitrogens is 3. The van der Waals surface area contributed by atoms with Crippen LogP contribution in [-0.4, -0.2) is 32.1 Å². The molecule has 2 aliphatic heterocycles. The van der Waals surface area contributed by atoms with Crippen LogP contribution in [0.15, 0.2) is 29.5 Å². The lowest BCUT2D eigenvalue weighted by Gasteiger charge is -2.16. The molecular weight excluding hydrogens is 397 g/mol. The van der Waals surface area contributed by atoms with Crippen molar-refractivity contribution in [2.45, 2.75) is 19.1 Å². The summed E-state index contributed by atoms with van der Waals surface area (Å²) in [7, 11) is 0. The smallest absolute Gasteiger partial charge is 0.410 e. The third-order valence-corrected chi connectivity index (χ3v) is 3.77. The van der Waals surface area contributed by atoms with Crippen molar-refractivity contribution >= 4 is 0 Å². The fraction of sp³-hybridized carbons (Fsp3) is 0.188. The van der Waals surface area contributed by atoms with Crippen LogP contribution >= 0.6 is 0 Å². The van der Waals surface area contributed by atoms with Gasteiger partial charge in [-0.05, 0) is 6.92 Å². The third-order valence-electron chi connectivity index (χ3n) is 3.77. The number of alkyl halides is 3. The Morgan fingerprint density at radius 2 is 1.68 bits per heavy atom. The van der Waals surface area contributed by atoms with Gasteiger partial charge in [-0.1, -0.05) is 0 Å². The Labute approximate surface area is 151 Å². The molecule has 0 unspecified atom stereocenters. The van der Waals surface area contributed by atoms with Gasteiger partial charge in [-0.3, -0.25) is 4.99 Å². The zero-order valence-corrected chi connectivity index (χ0v) is 13.8. The molecule has 0 saturated carbocycles. The van der Waals surface area contributed by atoms with Gasteiger partial charge in [0, 0.05) is 18.3 Å². The molecule has 0 aromatic heterocycles. The highest BCUT2D eigenvalue weighted by Gasteiger charge is 2.37. The van der Waals surface area contributed by atoms with Crippen LogP contribution in [0.1, 0.15) is 6.92 Å². The monoisotopic (exact) mass is 406 g/mol. The number of rotatable bonds is 2. The molecular formula is C16H9F7N4O. The van der Waals surface area contributed by atoms with Gasteiger partial charge in [0.25, 0.3) is 0 Å². The molecule has 0 aliphatic carbocycles. The number of hydrogen-bond donors (Lipinski definition) is 1. The SMILES string of the molecule is C[C@H](N=c1c2nccn(O)c-2nc(F)c1-c1c(F)cc(F)cc1F)C(F)(F)F. The first-order chi connectivity index (χ1) is 13.0. The van der Waals surface area contributed by atoms with Crippen LogP contribution in [0.4, 0.5) is 30.7 Å². The van der Waals surface area contributed by atoms with E-state index in [1.165, 1.54) is 0 Å². The second kappa shape index (κ2) is 6.77. The Morgan fingerprint density at radius 3 is 2.25 bits per heavy atom. The summed E-state index contributed by atoms with van der Waals surface area (Å²) in [4.78, 5) is 10.3. The molecule has 1 aromatic rings. The Bertz CT molecular complexity index is 1070. The fourth-order valence-corrected chi connectivity index (χ4v) is 2.44. The highest BCUT2D eigenvalue weighted by molar-refractivity contribution is 5.70. The zero-order valence-electron chi connectivity index (χ0n) is 13.8. The average molecular weight is 406 g/mol. The standard InChI is InChI=1S/C16H9F7N4O/c1-6(16(21,22)23)25-12-11(10-8(18)4-7(17)5-9(10)19)14(20)26-15-13(12)24-2-3-27(15)28/h2-6,28H,1H3/t6-/m0/s1. The van der Waals surface area contributed by atoms with Crippen LogP contribution in [0.5, 0.6) is 0 Å². The van der Waals surface area contributed by atoms with Crippen molar-refractivity contribution in [3.05, 3.63) is 53.3 Å². The normalized spacial score (nSPS) is 13.9. The van der Waals surface area contributed by atoms with Crippen molar-refractivity contribution in [3.8, 4) is 22.6 Å². The van der Waals surface area contributed by atoms with E-state index >= 15 is 0 Å². The van der Waals surface area contributed by atoms with E-state index in [1.807, 2.05) is 0 Å². The first kappa shape index (κ1) is 19.6. The lowest BCUT2D eigenvalue weighted by atomic mass is 10.0. The van der Waals surface area contributed by atoms with Gasteiger partial charge in [0.15, 0.2) is 5.82 Å². The molecule has 5 nitrogen and oxygen atoms in total. The Balaban J connectivity index is 2.51. The van der Waals surface area contributed by atoms with Crippen LogP contribution in [0.25, 0.3) is 22.6 Å². The third kappa shape index (κ3) is 3.37. The van der Waals surface area contributed by atoms with E-state index in [1.54, 1.807) is 0 Å². The predicted molar refractivity (Wildman–Crippen MR) is 80.2 cm³/mol. The zero-order chi connectivity index (χ0) is 20.8. The van der Waals surface area contributed by atoms with Crippen molar-refractivity contribution < 1.29 is 35.9 Å². The summed E-state index contributed by atoms with van der Waals surface area (Å²) in [5.74, 6) is -6.76. The second-order valence-corrected chi connectivity index (χ2v) is 5.66. The molecule has 0 radical (unpaired) electrons. The van der Waals surface area contributed by atoms with Gasteiger partial charge in [-0.15, -0.1) is 0 Å². The number of pyridine rings is 1. The van der Waals surface area contributed by atoms with Crippen molar-refractivity contribution in [2.75, 3.05) is 0 Å². The minimum Gasteiger partial charge on any atom is -0.427 e. The van der Waals surface area contributed by atoms with Crippen molar-refractivity contribution in [1.82, 2.24) is 14.7 Å². The number of nitrogens with zero attached hydrogens (tertiary/aromatic N) is 4. The van der Waals surface area contributed by atoms with E-state index < -0.39 is 63.6 Å². The highest BCUT2D eigenvalue weighted by Crippen LogP contribution is 2.29. The average Bonchev–Trinajstić information content (AvgIpc) is 2.56. The molecule has 2 heterocycles. The van der Waals surface area contributed by atoms with Gasteiger partial charge in [0.05, 0.1) is 17.3 Å². The van der Waals surface area contributed by atoms with E-state index in [4.69, 9.17) is 0 Å². The Morgan fingerprint density at radius 1 is 1.07 bits per heavy atom. The van der Waals surface area contributed by atoms with E-state index in [2.05, 4.69) is 15.0 Å². The van der Waals surface area contributed by atoms with Gasteiger partial charge in [-0.25, -0.2) is 18.2 Å². The number of benzene rings is 1. The highest BCUT2D eigenvalue weighted by atomic mass is 19.4. The molecule has 2 aliphatic rings. The van der Waals surface area contributed by atoms with Gasteiger partial charge < -0.3 is 5.21 Å². The molecule has 1 aromatic carbocycles. The van der Waals surface area contributed by atoms with E-state index in [0.29, 0.717) is 6.92 Å². The molecule has 1 atom stereocenters. The lowest BCUT2D eigenvalue weighted by Crippen LogP contribution is -2.29. The summed E-state index contributed by atoms with van der Waals surface area (Å²) in [6.07, 6.45) is -3.03. The summed E-state index contributed by atoms with van der Waals surface area (Å²) in [5.41, 5.74) is -2.81. The summed E-state index contributed by atoms with van der Waals surface area (Å²) in [5, 5.41) is 8.80. The number of halogens is 7. The van der Waals surface area contributed by atoms with Gasteiger partial charge in [-0.2, -0.15) is 27.3 Å². The Hall–Kier alpha value is -3.18. The molecule has 0 bridgehead atoms.